The van der Waals surface area contributed by atoms with Crippen LogP contribution in [0.15, 0.2) is 0 Å². The highest BCUT2D eigenvalue weighted by atomic mass is 32.2. The summed E-state index contributed by atoms with van der Waals surface area (Å²) in [6, 6.07) is 0. The molecule has 0 saturated carbocycles. The van der Waals surface area contributed by atoms with E-state index < -0.39 is 23.7 Å². The predicted molar refractivity (Wildman–Crippen MR) is 69.0 cm³/mol. The lowest BCUT2D eigenvalue weighted by Gasteiger charge is -2.13. The summed E-state index contributed by atoms with van der Waals surface area (Å²) >= 11 is 1.53. The van der Waals surface area contributed by atoms with E-state index in [0.717, 1.165) is 12.2 Å². The van der Waals surface area contributed by atoms with Crippen molar-refractivity contribution in [3.63, 3.8) is 0 Å². The first-order valence-electron chi connectivity index (χ1n) is 6.44. The first kappa shape index (κ1) is 15.2. The number of thioether (sulfide) groups is 1. The van der Waals surface area contributed by atoms with Crippen LogP contribution in [0, 0.1) is 0 Å². The van der Waals surface area contributed by atoms with Crippen LogP contribution in [-0.4, -0.2) is 51.4 Å². The Labute approximate surface area is 107 Å². The molecule has 4 nitrogen and oxygen atoms in total. The van der Waals surface area contributed by atoms with E-state index in [1.54, 1.807) is 0 Å². The lowest BCUT2D eigenvalue weighted by molar-refractivity contribution is -0.00808. The SMILES string of the molecule is CCCCCCCS[C@@H]1O[C@H](CO)[C@H](O)[C@@H]1O. The molecule has 0 aromatic rings. The Hall–Kier alpha value is 0.190. The van der Waals surface area contributed by atoms with E-state index in [2.05, 4.69) is 6.92 Å². The smallest absolute Gasteiger partial charge is 0.132 e. The topological polar surface area (TPSA) is 69.9 Å². The van der Waals surface area contributed by atoms with Crippen molar-refractivity contribution in [1.29, 1.82) is 0 Å². The average molecular weight is 264 g/mol. The molecule has 1 aliphatic heterocycles. The molecule has 102 valence electrons. The van der Waals surface area contributed by atoms with Gasteiger partial charge in [-0.25, -0.2) is 0 Å². The summed E-state index contributed by atoms with van der Waals surface area (Å²) in [6.45, 7) is 1.94. The fourth-order valence-electron chi connectivity index (χ4n) is 1.91. The highest BCUT2D eigenvalue weighted by molar-refractivity contribution is 7.99. The predicted octanol–water partition coefficient (Wildman–Crippen LogP) is 1.13. The fraction of sp³-hybridized carbons (Fsp3) is 1.00. The summed E-state index contributed by atoms with van der Waals surface area (Å²) < 4.78 is 5.38. The Morgan fingerprint density at radius 2 is 1.76 bits per heavy atom. The zero-order valence-corrected chi connectivity index (χ0v) is 11.2. The molecular formula is C12H24O4S. The van der Waals surface area contributed by atoms with Crippen molar-refractivity contribution < 1.29 is 20.1 Å². The van der Waals surface area contributed by atoms with Gasteiger partial charge in [0.25, 0.3) is 0 Å². The molecule has 0 spiro atoms. The molecule has 1 rings (SSSR count). The summed E-state index contributed by atoms with van der Waals surface area (Å²) in [4.78, 5) is 0. The van der Waals surface area contributed by atoms with Crippen LogP contribution < -0.4 is 0 Å². The standard InChI is InChI=1S/C12H24O4S/c1-2-3-4-5-6-7-17-12-11(15)10(14)9(8-13)16-12/h9-15H,2-8H2,1H3/t9-,10+,11+,12+/m1/s1. The Kier molecular flexibility index (Phi) is 7.46. The van der Waals surface area contributed by atoms with E-state index in [0.29, 0.717) is 0 Å². The molecule has 1 saturated heterocycles. The monoisotopic (exact) mass is 264 g/mol. The number of hydrogen-bond donors (Lipinski definition) is 3. The minimum absolute atomic E-state index is 0.244. The molecule has 0 aromatic carbocycles. The van der Waals surface area contributed by atoms with Crippen molar-refractivity contribution in [2.45, 2.75) is 62.8 Å². The minimum Gasteiger partial charge on any atom is -0.394 e. The molecule has 17 heavy (non-hydrogen) atoms. The molecule has 0 unspecified atom stereocenters. The third kappa shape index (κ3) is 4.75. The van der Waals surface area contributed by atoms with Crippen LogP contribution in [0.5, 0.6) is 0 Å². The van der Waals surface area contributed by atoms with Crippen molar-refractivity contribution >= 4 is 11.8 Å². The maximum Gasteiger partial charge on any atom is 0.132 e. The van der Waals surface area contributed by atoms with E-state index in [-0.39, 0.29) is 6.61 Å². The maximum atomic E-state index is 9.69. The number of aliphatic hydroxyl groups is 3. The van der Waals surface area contributed by atoms with E-state index in [9.17, 15) is 10.2 Å². The van der Waals surface area contributed by atoms with E-state index in [1.807, 2.05) is 0 Å². The van der Waals surface area contributed by atoms with Gasteiger partial charge in [0.15, 0.2) is 0 Å². The van der Waals surface area contributed by atoms with Gasteiger partial charge in [-0.05, 0) is 12.2 Å². The average Bonchev–Trinajstić information content (AvgIpc) is 2.61. The van der Waals surface area contributed by atoms with Gasteiger partial charge in [0.1, 0.15) is 23.7 Å². The number of aliphatic hydroxyl groups excluding tert-OH is 3. The molecule has 0 amide bonds. The van der Waals surface area contributed by atoms with Crippen molar-refractivity contribution in [2.75, 3.05) is 12.4 Å². The molecule has 1 heterocycles. The summed E-state index contributed by atoms with van der Waals surface area (Å²) in [5.41, 5.74) is -0.395. The maximum absolute atomic E-state index is 9.69. The lowest BCUT2D eigenvalue weighted by atomic mass is 10.2. The molecule has 0 aliphatic carbocycles. The van der Waals surface area contributed by atoms with Crippen LogP contribution in [0.4, 0.5) is 0 Å². The van der Waals surface area contributed by atoms with Crippen molar-refractivity contribution in [1.82, 2.24) is 0 Å². The Morgan fingerprint density at radius 3 is 2.35 bits per heavy atom. The number of hydrogen-bond acceptors (Lipinski definition) is 5. The van der Waals surface area contributed by atoms with Gasteiger partial charge < -0.3 is 20.1 Å². The summed E-state index contributed by atoms with van der Waals surface area (Å²) in [7, 11) is 0. The van der Waals surface area contributed by atoms with Crippen LogP contribution in [0.1, 0.15) is 39.0 Å². The first-order valence-corrected chi connectivity index (χ1v) is 7.49. The largest absolute Gasteiger partial charge is 0.394 e. The molecule has 1 aliphatic rings. The van der Waals surface area contributed by atoms with Gasteiger partial charge in [-0.2, -0.15) is 0 Å². The minimum atomic E-state index is -0.961. The zero-order chi connectivity index (χ0) is 12.7. The molecule has 0 radical (unpaired) electrons. The molecule has 0 bridgehead atoms. The molecule has 3 N–H and O–H groups in total. The highest BCUT2D eigenvalue weighted by Crippen LogP contribution is 2.29. The Balaban J connectivity index is 2.11. The van der Waals surface area contributed by atoms with Crippen LogP contribution in [0.3, 0.4) is 0 Å². The van der Waals surface area contributed by atoms with Crippen LogP contribution in [-0.2, 0) is 4.74 Å². The van der Waals surface area contributed by atoms with Crippen LogP contribution >= 0.6 is 11.8 Å². The van der Waals surface area contributed by atoms with Gasteiger partial charge in [-0.15, -0.1) is 11.8 Å². The fourth-order valence-corrected chi connectivity index (χ4v) is 3.09. The Bertz CT molecular complexity index is 203. The second-order valence-corrected chi connectivity index (χ2v) is 5.70. The van der Waals surface area contributed by atoms with Gasteiger partial charge in [0, 0.05) is 0 Å². The summed E-state index contributed by atoms with van der Waals surface area (Å²) in [5.74, 6) is 0.927. The van der Waals surface area contributed by atoms with Gasteiger partial charge in [-0.3, -0.25) is 0 Å². The van der Waals surface area contributed by atoms with E-state index in [4.69, 9.17) is 9.84 Å². The third-order valence-corrected chi connectivity index (χ3v) is 4.27. The van der Waals surface area contributed by atoms with E-state index >= 15 is 0 Å². The van der Waals surface area contributed by atoms with E-state index in [1.165, 1.54) is 37.4 Å². The van der Waals surface area contributed by atoms with Gasteiger partial charge in [-0.1, -0.05) is 32.6 Å². The van der Waals surface area contributed by atoms with Gasteiger partial charge in [0.05, 0.1) is 6.61 Å². The quantitative estimate of drug-likeness (QED) is 0.573. The number of unbranched alkanes of at least 4 members (excludes halogenated alkanes) is 4. The normalized spacial score (nSPS) is 33.2. The van der Waals surface area contributed by atoms with Crippen molar-refractivity contribution in [2.24, 2.45) is 0 Å². The summed E-state index contributed by atoms with van der Waals surface area (Å²) in [5, 5.41) is 28.2. The second-order valence-electron chi connectivity index (χ2n) is 4.49. The highest BCUT2D eigenvalue weighted by Gasteiger charge is 2.42. The second kappa shape index (κ2) is 8.32. The van der Waals surface area contributed by atoms with Crippen LogP contribution in [0.25, 0.3) is 0 Å². The van der Waals surface area contributed by atoms with Crippen molar-refractivity contribution in [3.8, 4) is 0 Å². The first-order chi connectivity index (χ1) is 8.20. The zero-order valence-electron chi connectivity index (χ0n) is 10.4. The third-order valence-electron chi connectivity index (χ3n) is 3.03. The molecule has 1 fully saturated rings. The van der Waals surface area contributed by atoms with Gasteiger partial charge >= 0.3 is 0 Å². The number of ether oxygens (including phenoxy) is 1. The van der Waals surface area contributed by atoms with Crippen molar-refractivity contribution in [3.05, 3.63) is 0 Å². The van der Waals surface area contributed by atoms with Gasteiger partial charge in [0.2, 0.25) is 0 Å². The molecule has 0 aromatic heterocycles. The Morgan fingerprint density at radius 1 is 1.06 bits per heavy atom. The van der Waals surface area contributed by atoms with Crippen LogP contribution in [0.2, 0.25) is 0 Å². The molecule has 4 atom stereocenters. The lowest BCUT2D eigenvalue weighted by Crippen LogP contribution is -2.33. The summed E-state index contributed by atoms with van der Waals surface area (Å²) in [6.07, 6.45) is 3.60. The number of rotatable bonds is 8. The molecule has 5 heteroatoms. The molecular weight excluding hydrogens is 240 g/mol.